The monoisotopic (exact) mass is 344 g/mol. The number of fused-ring (bicyclic) bond motifs is 1. The second-order valence-electron chi connectivity index (χ2n) is 6.92. The van der Waals surface area contributed by atoms with Crippen molar-refractivity contribution in [2.24, 2.45) is 7.05 Å². The van der Waals surface area contributed by atoms with Gasteiger partial charge >= 0.3 is 0 Å². The van der Waals surface area contributed by atoms with E-state index in [2.05, 4.69) is 15.2 Å². The number of imidazole rings is 1. The Balaban J connectivity index is 1.43. The Morgan fingerprint density at radius 1 is 1.32 bits per heavy atom. The van der Waals surface area contributed by atoms with Crippen molar-refractivity contribution in [1.29, 1.82) is 0 Å². The van der Waals surface area contributed by atoms with E-state index in [0.717, 1.165) is 37.0 Å². The SMILES string of the molecule is Cn1cnc2cc(C(=O)N[C@@H]3CC[C@@H](N4CCOCC4)[C@@H]3O)ccc21. The normalized spacial score (nSPS) is 27.7. The van der Waals surface area contributed by atoms with Crippen LogP contribution in [0.2, 0.25) is 0 Å². The van der Waals surface area contributed by atoms with Crippen LogP contribution in [0.3, 0.4) is 0 Å². The largest absolute Gasteiger partial charge is 0.389 e. The predicted octanol–water partition coefficient (Wildman–Crippen LogP) is 0.527. The third-order valence-electron chi connectivity index (χ3n) is 5.40. The first-order valence-electron chi connectivity index (χ1n) is 8.85. The van der Waals surface area contributed by atoms with Crippen LogP contribution in [-0.2, 0) is 11.8 Å². The van der Waals surface area contributed by atoms with Crippen molar-refractivity contribution in [3.8, 4) is 0 Å². The van der Waals surface area contributed by atoms with E-state index in [1.54, 1.807) is 18.5 Å². The Labute approximate surface area is 146 Å². The van der Waals surface area contributed by atoms with E-state index in [-0.39, 0.29) is 18.0 Å². The van der Waals surface area contributed by atoms with Crippen LogP contribution in [0, 0.1) is 0 Å². The van der Waals surface area contributed by atoms with Crippen LogP contribution in [0.4, 0.5) is 0 Å². The number of hydrogen-bond donors (Lipinski definition) is 2. The molecule has 2 aliphatic rings. The molecule has 1 saturated carbocycles. The van der Waals surface area contributed by atoms with Crippen LogP contribution < -0.4 is 5.32 Å². The highest BCUT2D eigenvalue weighted by molar-refractivity contribution is 5.97. The molecule has 0 spiro atoms. The fraction of sp³-hybridized carbons (Fsp3) is 0.556. The van der Waals surface area contributed by atoms with Gasteiger partial charge in [-0.1, -0.05) is 0 Å². The van der Waals surface area contributed by atoms with E-state index in [9.17, 15) is 9.90 Å². The van der Waals surface area contributed by atoms with Gasteiger partial charge in [0.25, 0.3) is 5.91 Å². The standard InChI is InChI=1S/C18H24N4O3/c1-21-11-19-14-10-12(2-4-15(14)21)18(24)20-13-3-5-16(17(13)23)22-6-8-25-9-7-22/h2,4,10-11,13,16-17,23H,3,5-9H2,1H3,(H,20,24)/t13-,16-,17-/m1/s1. The average Bonchev–Trinajstić information content (AvgIpc) is 3.19. The van der Waals surface area contributed by atoms with Gasteiger partial charge in [-0.15, -0.1) is 0 Å². The van der Waals surface area contributed by atoms with Gasteiger partial charge in [0, 0.05) is 31.7 Å². The Bertz CT molecular complexity index is 769. The van der Waals surface area contributed by atoms with Crippen molar-refractivity contribution < 1.29 is 14.6 Å². The van der Waals surface area contributed by atoms with Crippen LogP contribution in [0.15, 0.2) is 24.5 Å². The lowest BCUT2D eigenvalue weighted by Gasteiger charge is -2.34. The number of aliphatic hydroxyl groups is 1. The molecule has 134 valence electrons. The maximum Gasteiger partial charge on any atom is 0.251 e. The van der Waals surface area contributed by atoms with Crippen molar-refractivity contribution in [3.05, 3.63) is 30.1 Å². The van der Waals surface area contributed by atoms with Crippen molar-refractivity contribution in [2.75, 3.05) is 26.3 Å². The highest BCUT2D eigenvalue weighted by Gasteiger charge is 2.39. The van der Waals surface area contributed by atoms with Gasteiger partial charge in [0.05, 0.1) is 42.7 Å². The molecular formula is C18H24N4O3. The fourth-order valence-electron chi connectivity index (χ4n) is 3.95. The van der Waals surface area contributed by atoms with E-state index in [1.165, 1.54) is 0 Å². The number of aryl methyl sites for hydroxylation is 1. The quantitative estimate of drug-likeness (QED) is 0.849. The average molecular weight is 344 g/mol. The minimum atomic E-state index is -0.541. The fourth-order valence-corrected chi connectivity index (χ4v) is 3.95. The molecule has 7 heteroatoms. The smallest absolute Gasteiger partial charge is 0.251 e. The highest BCUT2D eigenvalue weighted by atomic mass is 16.5. The van der Waals surface area contributed by atoms with Crippen LogP contribution >= 0.6 is 0 Å². The molecule has 2 fully saturated rings. The van der Waals surface area contributed by atoms with Gasteiger partial charge in [0.15, 0.2) is 0 Å². The van der Waals surface area contributed by atoms with Crippen molar-refractivity contribution >= 4 is 16.9 Å². The molecule has 3 atom stereocenters. The summed E-state index contributed by atoms with van der Waals surface area (Å²) in [7, 11) is 1.93. The predicted molar refractivity (Wildman–Crippen MR) is 93.4 cm³/mol. The molecule has 1 aromatic carbocycles. The first kappa shape index (κ1) is 16.5. The summed E-state index contributed by atoms with van der Waals surface area (Å²) in [5.41, 5.74) is 2.37. The Morgan fingerprint density at radius 2 is 2.12 bits per heavy atom. The van der Waals surface area contributed by atoms with Gasteiger partial charge < -0.3 is 19.7 Å². The van der Waals surface area contributed by atoms with Crippen LogP contribution in [0.5, 0.6) is 0 Å². The number of morpholine rings is 1. The summed E-state index contributed by atoms with van der Waals surface area (Å²) < 4.78 is 7.30. The summed E-state index contributed by atoms with van der Waals surface area (Å²) >= 11 is 0. The topological polar surface area (TPSA) is 79.6 Å². The summed E-state index contributed by atoms with van der Waals surface area (Å²) in [6.07, 6.45) is 2.88. The summed E-state index contributed by atoms with van der Waals surface area (Å²) in [5.74, 6) is -0.153. The summed E-state index contributed by atoms with van der Waals surface area (Å²) in [6.45, 7) is 3.12. The highest BCUT2D eigenvalue weighted by Crippen LogP contribution is 2.26. The molecule has 25 heavy (non-hydrogen) atoms. The van der Waals surface area contributed by atoms with Crippen molar-refractivity contribution in [3.63, 3.8) is 0 Å². The number of amides is 1. The number of aliphatic hydroxyl groups excluding tert-OH is 1. The first-order chi connectivity index (χ1) is 12.1. The number of rotatable bonds is 3. The van der Waals surface area contributed by atoms with Crippen LogP contribution in [0.1, 0.15) is 23.2 Å². The molecule has 0 bridgehead atoms. The molecule has 2 heterocycles. The molecule has 1 aromatic heterocycles. The maximum absolute atomic E-state index is 12.6. The zero-order chi connectivity index (χ0) is 17.4. The maximum atomic E-state index is 12.6. The van der Waals surface area contributed by atoms with E-state index < -0.39 is 6.10 Å². The van der Waals surface area contributed by atoms with Gasteiger partial charge in [-0.2, -0.15) is 0 Å². The molecule has 2 N–H and O–H groups in total. The summed E-state index contributed by atoms with van der Waals surface area (Å²) in [6, 6.07) is 5.40. The third-order valence-corrected chi connectivity index (χ3v) is 5.40. The number of ether oxygens (including phenoxy) is 1. The van der Waals surface area contributed by atoms with E-state index in [4.69, 9.17) is 4.74 Å². The lowest BCUT2D eigenvalue weighted by Crippen LogP contribution is -2.51. The van der Waals surface area contributed by atoms with E-state index in [1.807, 2.05) is 17.7 Å². The Morgan fingerprint density at radius 3 is 2.92 bits per heavy atom. The van der Waals surface area contributed by atoms with Crippen molar-refractivity contribution in [2.45, 2.75) is 31.0 Å². The van der Waals surface area contributed by atoms with E-state index in [0.29, 0.717) is 18.8 Å². The number of benzene rings is 1. The molecule has 1 saturated heterocycles. The number of carbonyl (C=O) groups excluding carboxylic acids is 1. The molecule has 0 radical (unpaired) electrons. The van der Waals surface area contributed by atoms with Crippen LogP contribution in [-0.4, -0.2) is 70.0 Å². The number of carbonyl (C=O) groups is 1. The van der Waals surface area contributed by atoms with Gasteiger partial charge in [-0.25, -0.2) is 4.98 Å². The van der Waals surface area contributed by atoms with Gasteiger partial charge in [0.1, 0.15) is 0 Å². The summed E-state index contributed by atoms with van der Waals surface area (Å²) in [5, 5.41) is 13.7. The molecule has 7 nitrogen and oxygen atoms in total. The second kappa shape index (κ2) is 6.74. The number of hydrogen-bond acceptors (Lipinski definition) is 5. The summed E-state index contributed by atoms with van der Waals surface area (Å²) in [4.78, 5) is 19.2. The van der Waals surface area contributed by atoms with Crippen molar-refractivity contribution in [1.82, 2.24) is 19.8 Å². The van der Waals surface area contributed by atoms with Gasteiger partial charge in [0.2, 0.25) is 0 Å². The molecule has 2 aromatic rings. The molecule has 1 aliphatic heterocycles. The first-order valence-corrected chi connectivity index (χ1v) is 8.85. The molecular weight excluding hydrogens is 320 g/mol. The lowest BCUT2D eigenvalue weighted by atomic mass is 10.1. The Kier molecular flexibility index (Phi) is 4.45. The number of nitrogens with zero attached hydrogens (tertiary/aromatic N) is 3. The zero-order valence-corrected chi connectivity index (χ0v) is 14.4. The second-order valence-corrected chi connectivity index (χ2v) is 6.92. The van der Waals surface area contributed by atoms with Crippen LogP contribution in [0.25, 0.3) is 11.0 Å². The van der Waals surface area contributed by atoms with E-state index >= 15 is 0 Å². The molecule has 0 unspecified atom stereocenters. The zero-order valence-electron chi connectivity index (χ0n) is 14.4. The molecule has 4 rings (SSSR count). The minimum absolute atomic E-state index is 0.104. The third kappa shape index (κ3) is 3.15. The molecule has 1 aliphatic carbocycles. The lowest BCUT2D eigenvalue weighted by molar-refractivity contribution is -0.0154. The van der Waals surface area contributed by atoms with Gasteiger partial charge in [-0.3, -0.25) is 9.69 Å². The Hall–Kier alpha value is -1.96. The molecule has 1 amide bonds. The number of nitrogens with one attached hydrogen (secondary N) is 1. The minimum Gasteiger partial charge on any atom is -0.389 e. The van der Waals surface area contributed by atoms with Gasteiger partial charge in [-0.05, 0) is 31.0 Å². The number of aromatic nitrogens is 2.